The molecule has 0 fully saturated rings. The van der Waals surface area contributed by atoms with Crippen LogP contribution in [0, 0.1) is 0 Å². The minimum Gasteiger partial charge on any atom is -0.370 e. The highest BCUT2D eigenvalue weighted by Crippen LogP contribution is 2.08. The van der Waals surface area contributed by atoms with Gasteiger partial charge in [-0.2, -0.15) is 0 Å². The summed E-state index contributed by atoms with van der Waals surface area (Å²) in [5.74, 6) is -0.0391. The van der Waals surface area contributed by atoms with E-state index in [-0.39, 0.29) is 11.7 Å². The first-order valence-corrected chi connectivity index (χ1v) is 5.96. The Morgan fingerprint density at radius 1 is 1.06 bits per heavy atom. The van der Waals surface area contributed by atoms with E-state index >= 15 is 0 Å². The summed E-state index contributed by atoms with van der Waals surface area (Å²) in [4.78, 5) is 20.4. The van der Waals surface area contributed by atoms with Crippen molar-refractivity contribution in [3.8, 4) is 0 Å². The van der Waals surface area contributed by atoms with Crippen LogP contribution >= 0.6 is 0 Å². The van der Waals surface area contributed by atoms with Gasteiger partial charge >= 0.3 is 0 Å². The summed E-state index contributed by atoms with van der Waals surface area (Å²) in [6.07, 6.45) is 6.33. The Balaban J connectivity index is 0. The van der Waals surface area contributed by atoms with Crippen LogP contribution in [0.25, 0.3) is 0 Å². The second-order valence-corrected chi connectivity index (χ2v) is 3.73. The average Bonchev–Trinajstić information content (AvgIpc) is 2.17. The zero-order chi connectivity index (χ0) is 13.0. The van der Waals surface area contributed by atoms with Gasteiger partial charge in [0, 0.05) is 6.42 Å². The molecule has 0 aliphatic rings. The summed E-state index contributed by atoms with van der Waals surface area (Å²) in [6.45, 7) is 7.74. The minimum atomic E-state index is -0.211. The van der Waals surface area contributed by atoms with Gasteiger partial charge in [-0.1, -0.05) is 32.8 Å². The van der Waals surface area contributed by atoms with Crippen LogP contribution in [-0.2, 0) is 9.59 Å². The van der Waals surface area contributed by atoms with Crippen molar-refractivity contribution in [1.82, 2.24) is 0 Å². The van der Waals surface area contributed by atoms with Crippen LogP contribution in [0.5, 0.6) is 0 Å². The van der Waals surface area contributed by atoms with Crippen molar-refractivity contribution in [1.29, 1.82) is 0 Å². The Morgan fingerprint density at radius 3 is 1.75 bits per heavy atom. The lowest BCUT2D eigenvalue weighted by Crippen LogP contribution is -2.08. The summed E-state index contributed by atoms with van der Waals surface area (Å²) < 4.78 is 0. The zero-order valence-corrected chi connectivity index (χ0v) is 11.0. The first-order chi connectivity index (χ1) is 7.47. The van der Waals surface area contributed by atoms with Crippen LogP contribution in [0.15, 0.2) is 11.6 Å². The third-order valence-electron chi connectivity index (χ3n) is 1.93. The lowest BCUT2D eigenvalue weighted by atomic mass is 10.1. The molecule has 3 heteroatoms. The number of ketones is 1. The predicted molar refractivity (Wildman–Crippen MR) is 68.1 cm³/mol. The minimum absolute atomic E-state index is 0.172. The molecule has 0 spiro atoms. The molecule has 0 aliphatic carbocycles. The van der Waals surface area contributed by atoms with Crippen molar-refractivity contribution in [2.45, 2.75) is 59.8 Å². The number of primary amides is 1. The highest BCUT2D eigenvalue weighted by molar-refractivity contribution is 5.87. The van der Waals surface area contributed by atoms with E-state index in [9.17, 15) is 9.59 Å². The largest absolute Gasteiger partial charge is 0.370 e. The SMILES string of the molecule is CCC/C(=C/C(C)=O)CC.CCCC(N)=O. The van der Waals surface area contributed by atoms with E-state index in [0.717, 1.165) is 25.7 Å². The van der Waals surface area contributed by atoms with E-state index in [1.54, 1.807) is 13.0 Å². The molecule has 0 heterocycles. The molecule has 0 saturated heterocycles. The molecule has 1 amide bonds. The van der Waals surface area contributed by atoms with Gasteiger partial charge in [-0.25, -0.2) is 0 Å². The van der Waals surface area contributed by atoms with Gasteiger partial charge in [0.05, 0.1) is 0 Å². The van der Waals surface area contributed by atoms with E-state index < -0.39 is 0 Å². The Hall–Kier alpha value is -1.12. The number of amides is 1. The van der Waals surface area contributed by atoms with Gasteiger partial charge in [-0.05, 0) is 32.3 Å². The smallest absolute Gasteiger partial charge is 0.217 e. The van der Waals surface area contributed by atoms with Gasteiger partial charge in [0.25, 0.3) is 0 Å². The normalized spacial score (nSPS) is 10.4. The first kappa shape index (κ1) is 17.3. The van der Waals surface area contributed by atoms with Crippen LogP contribution in [0.2, 0.25) is 0 Å². The van der Waals surface area contributed by atoms with Crippen LogP contribution in [0.3, 0.4) is 0 Å². The summed E-state index contributed by atoms with van der Waals surface area (Å²) >= 11 is 0. The van der Waals surface area contributed by atoms with E-state index in [1.165, 1.54) is 5.57 Å². The molecule has 16 heavy (non-hydrogen) atoms. The lowest BCUT2D eigenvalue weighted by molar-refractivity contribution is -0.118. The van der Waals surface area contributed by atoms with E-state index in [2.05, 4.69) is 13.8 Å². The maximum atomic E-state index is 10.6. The fourth-order valence-electron chi connectivity index (χ4n) is 1.21. The monoisotopic (exact) mass is 227 g/mol. The molecule has 0 unspecified atom stereocenters. The average molecular weight is 227 g/mol. The van der Waals surface area contributed by atoms with Crippen molar-refractivity contribution >= 4 is 11.7 Å². The third kappa shape index (κ3) is 15.4. The Kier molecular flexibility index (Phi) is 12.9. The van der Waals surface area contributed by atoms with Crippen molar-refractivity contribution in [3.05, 3.63) is 11.6 Å². The molecule has 0 aromatic carbocycles. The Labute approximate surface area is 99.1 Å². The number of hydrogen-bond acceptors (Lipinski definition) is 2. The molecular formula is C13H25NO2. The van der Waals surface area contributed by atoms with Crippen LogP contribution < -0.4 is 5.73 Å². The molecule has 2 N–H and O–H groups in total. The molecule has 0 saturated carbocycles. The van der Waals surface area contributed by atoms with Crippen molar-refractivity contribution < 1.29 is 9.59 Å². The summed E-state index contributed by atoms with van der Waals surface area (Å²) in [7, 11) is 0. The number of rotatable bonds is 6. The lowest BCUT2D eigenvalue weighted by Gasteiger charge is -1.98. The van der Waals surface area contributed by atoms with Crippen LogP contribution in [-0.4, -0.2) is 11.7 Å². The fourth-order valence-corrected chi connectivity index (χ4v) is 1.21. The van der Waals surface area contributed by atoms with Gasteiger partial charge in [0.1, 0.15) is 0 Å². The molecule has 94 valence electrons. The van der Waals surface area contributed by atoms with Crippen molar-refractivity contribution in [2.75, 3.05) is 0 Å². The topological polar surface area (TPSA) is 60.2 Å². The number of nitrogens with two attached hydrogens (primary N) is 1. The standard InChI is InChI=1S/C9H16O.C4H9NO/c1-4-6-9(5-2)7-8(3)10;1-2-3-4(5)6/h7H,4-6H2,1-3H3;2-3H2,1H3,(H2,5,6)/b9-7+;. The Morgan fingerprint density at radius 2 is 1.56 bits per heavy atom. The molecule has 0 aromatic rings. The van der Waals surface area contributed by atoms with E-state index in [1.807, 2.05) is 6.92 Å². The number of hydrogen-bond donors (Lipinski definition) is 1. The number of carbonyl (C=O) groups is 2. The predicted octanol–water partition coefficient (Wildman–Crippen LogP) is 2.98. The molecule has 0 atom stereocenters. The summed E-state index contributed by atoms with van der Waals surface area (Å²) in [5.41, 5.74) is 6.04. The van der Waals surface area contributed by atoms with Gasteiger partial charge in [-0.3, -0.25) is 9.59 Å². The highest BCUT2D eigenvalue weighted by Gasteiger charge is 1.93. The first-order valence-electron chi connectivity index (χ1n) is 5.96. The van der Waals surface area contributed by atoms with Crippen LogP contribution in [0.1, 0.15) is 59.8 Å². The van der Waals surface area contributed by atoms with Crippen molar-refractivity contribution in [2.24, 2.45) is 5.73 Å². The molecule has 0 radical (unpaired) electrons. The molecule has 0 aromatic heterocycles. The maximum Gasteiger partial charge on any atom is 0.217 e. The quantitative estimate of drug-likeness (QED) is 0.709. The second kappa shape index (κ2) is 12.0. The summed E-state index contributed by atoms with van der Waals surface area (Å²) in [5, 5.41) is 0. The molecular weight excluding hydrogens is 202 g/mol. The maximum absolute atomic E-state index is 10.6. The van der Waals surface area contributed by atoms with E-state index in [0.29, 0.717) is 6.42 Å². The molecule has 0 rings (SSSR count). The highest BCUT2D eigenvalue weighted by atomic mass is 16.1. The summed E-state index contributed by atoms with van der Waals surface area (Å²) in [6, 6.07) is 0. The number of carbonyl (C=O) groups excluding carboxylic acids is 2. The zero-order valence-electron chi connectivity index (χ0n) is 11.0. The van der Waals surface area contributed by atoms with Gasteiger partial charge in [0.15, 0.2) is 5.78 Å². The van der Waals surface area contributed by atoms with Crippen LogP contribution in [0.4, 0.5) is 0 Å². The number of allylic oxidation sites excluding steroid dienone is 2. The van der Waals surface area contributed by atoms with Gasteiger partial charge < -0.3 is 5.73 Å². The Bertz CT molecular complexity index is 232. The molecule has 0 aliphatic heterocycles. The van der Waals surface area contributed by atoms with Gasteiger partial charge in [-0.15, -0.1) is 0 Å². The molecule has 0 bridgehead atoms. The second-order valence-electron chi connectivity index (χ2n) is 3.73. The van der Waals surface area contributed by atoms with Gasteiger partial charge in [0.2, 0.25) is 5.91 Å². The molecule has 3 nitrogen and oxygen atoms in total. The van der Waals surface area contributed by atoms with Crippen molar-refractivity contribution in [3.63, 3.8) is 0 Å². The fraction of sp³-hybridized carbons (Fsp3) is 0.692. The van der Waals surface area contributed by atoms with E-state index in [4.69, 9.17) is 5.73 Å². The third-order valence-corrected chi connectivity index (χ3v) is 1.93.